The molecule has 0 aliphatic rings. The van der Waals surface area contributed by atoms with Crippen molar-refractivity contribution in [2.75, 3.05) is 25.5 Å². The number of carboxylic acid groups (broad SMARTS) is 1. The van der Waals surface area contributed by atoms with Gasteiger partial charge in [0.05, 0.1) is 5.69 Å². The van der Waals surface area contributed by atoms with E-state index < -0.39 is 5.97 Å². The van der Waals surface area contributed by atoms with Gasteiger partial charge in [0.15, 0.2) is 0 Å². The molecule has 5 heteroatoms. The highest BCUT2D eigenvalue weighted by Gasteiger charge is 2.09. The summed E-state index contributed by atoms with van der Waals surface area (Å²) in [6.45, 7) is 6.04. The smallest absolute Gasteiger partial charge is 0.339 e. The Balaban J connectivity index is 2.42. The summed E-state index contributed by atoms with van der Waals surface area (Å²) < 4.78 is 0. The van der Waals surface area contributed by atoms with Crippen LogP contribution in [0.4, 0.5) is 5.69 Å². The van der Waals surface area contributed by atoms with E-state index >= 15 is 0 Å². The van der Waals surface area contributed by atoms with E-state index in [1.807, 2.05) is 0 Å². The lowest BCUT2D eigenvalue weighted by molar-refractivity contribution is 0.0697. The molecule has 1 heterocycles. The van der Waals surface area contributed by atoms with E-state index in [1.54, 1.807) is 12.3 Å². The van der Waals surface area contributed by atoms with Gasteiger partial charge in [-0.3, -0.25) is 4.98 Å². The van der Waals surface area contributed by atoms with Gasteiger partial charge in [-0.25, -0.2) is 4.79 Å². The molecule has 1 aromatic heterocycles. The second kappa shape index (κ2) is 6.96. The fourth-order valence-corrected chi connectivity index (χ4v) is 1.53. The van der Waals surface area contributed by atoms with Crippen molar-refractivity contribution in [2.45, 2.75) is 26.3 Å². The molecule has 1 rings (SSSR count). The molecular weight excluding hydrogens is 230 g/mol. The molecule has 0 saturated heterocycles. The topological polar surface area (TPSA) is 65.5 Å². The van der Waals surface area contributed by atoms with Crippen molar-refractivity contribution in [3.63, 3.8) is 0 Å². The third kappa shape index (κ3) is 4.33. The van der Waals surface area contributed by atoms with E-state index in [9.17, 15) is 4.79 Å². The van der Waals surface area contributed by atoms with Gasteiger partial charge in [-0.15, -0.1) is 0 Å². The molecule has 0 atom stereocenters. The van der Waals surface area contributed by atoms with Gasteiger partial charge in [0.1, 0.15) is 5.56 Å². The van der Waals surface area contributed by atoms with Crippen molar-refractivity contribution in [2.24, 2.45) is 0 Å². The van der Waals surface area contributed by atoms with Crippen LogP contribution in [0.5, 0.6) is 0 Å². The number of anilines is 1. The van der Waals surface area contributed by atoms with E-state index in [1.165, 1.54) is 6.20 Å². The molecule has 0 radical (unpaired) electrons. The third-order valence-electron chi connectivity index (χ3n) is 2.94. The van der Waals surface area contributed by atoms with Gasteiger partial charge in [0.25, 0.3) is 0 Å². The lowest BCUT2D eigenvalue weighted by Crippen LogP contribution is -2.28. The maximum Gasteiger partial charge on any atom is 0.339 e. The van der Waals surface area contributed by atoms with Crippen molar-refractivity contribution >= 4 is 11.7 Å². The Bertz CT molecular complexity index is 394. The summed E-state index contributed by atoms with van der Waals surface area (Å²) in [4.78, 5) is 17.0. The summed E-state index contributed by atoms with van der Waals surface area (Å²) in [5.74, 6) is -0.954. The number of nitrogens with one attached hydrogen (secondary N) is 1. The molecule has 0 aliphatic heterocycles. The van der Waals surface area contributed by atoms with E-state index in [0.717, 1.165) is 19.5 Å². The third-order valence-corrected chi connectivity index (χ3v) is 2.94. The quantitative estimate of drug-likeness (QED) is 0.725. The van der Waals surface area contributed by atoms with Crippen LogP contribution in [0.15, 0.2) is 18.5 Å². The van der Waals surface area contributed by atoms with Gasteiger partial charge < -0.3 is 15.3 Å². The largest absolute Gasteiger partial charge is 0.478 e. The molecule has 5 nitrogen and oxygen atoms in total. The van der Waals surface area contributed by atoms with Crippen LogP contribution in [-0.2, 0) is 0 Å². The predicted molar refractivity (Wildman–Crippen MR) is 72.1 cm³/mol. The number of pyridine rings is 1. The van der Waals surface area contributed by atoms with E-state index in [2.05, 4.69) is 36.1 Å². The molecule has 0 unspecified atom stereocenters. The molecule has 18 heavy (non-hydrogen) atoms. The monoisotopic (exact) mass is 251 g/mol. The summed E-state index contributed by atoms with van der Waals surface area (Å²) in [6, 6.07) is 2.22. The molecule has 0 spiro atoms. The molecule has 0 aromatic carbocycles. The zero-order valence-corrected chi connectivity index (χ0v) is 11.2. The van der Waals surface area contributed by atoms with Crippen molar-refractivity contribution in [1.29, 1.82) is 0 Å². The fraction of sp³-hybridized carbons (Fsp3) is 0.538. The molecular formula is C13H21N3O2. The van der Waals surface area contributed by atoms with E-state index in [-0.39, 0.29) is 5.56 Å². The molecule has 0 aliphatic carbocycles. The first-order valence-electron chi connectivity index (χ1n) is 6.13. The first-order chi connectivity index (χ1) is 8.52. The number of nitrogens with zero attached hydrogens (tertiary/aromatic N) is 2. The summed E-state index contributed by atoms with van der Waals surface area (Å²) >= 11 is 0. The van der Waals surface area contributed by atoms with Gasteiger partial charge in [0.2, 0.25) is 0 Å². The lowest BCUT2D eigenvalue weighted by atomic mass is 10.2. The summed E-state index contributed by atoms with van der Waals surface area (Å²) in [6.07, 6.45) is 3.93. The van der Waals surface area contributed by atoms with Gasteiger partial charge >= 0.3 is 5.97 Å². The van der Waals surface area contributed by atoms with Crippen LogP contribution in [0, 0.1) is 0 Å². The number of carboxylic acids is 1. The molecule has 0 bridgehead atoms. The second-order valence-corrected chi connectivity index (χ2v) is 4.58. The van der Waals surface area contributed by atoms with Crippen molar-refractivity contribution in [3.8, 4) is 0 Å². The van der Waals surface area contributed by atoms with Crippen LogP contribution in [0.1, 0.15) is 30.6 Å². The average molecular weight is 251 g/mol. The van der Waals surface area contributed by atoms with Crippen molar-refractivity contribution in [3.05, 3.63) is 24.0 Å². The number of aromatic nitrogens is 1. The van der Waals surface area contributed by atoms with Crippen LogP contribution < -0.4 is 5.32 Å². The minimum Gasteiger partial charge on any atom is -0.478 e. The Kier molecular flexibility index (Phi) is 5.58. The van der Waals surface area contributed by atoms with Gasteiger partial charge in [-0.05, 0) is 39.9 Å². The Labute approximate surface area is 108 Å². The zero-order valence-electron chi connectivity index (χ0n) is 11.2. The van der Waals surface area contributed by atoms with E-state index in [0.29, 0.717) is 11.7 Å². The maximum atomic E-state index is 11.0. The Morgan fingerprint density at radius 1 is 1.56 bits per heavy atom. The van der Waals surface area contributed by atoms with Gasteiger partial charge in [-0.2, -0.15) is 0 Å². The lowest BCUT2D eigenvalue weighted by Gasteiger charge is -2.21. The molecule has 0 saturated carbocycles. The minimum atomic E-state index is -0.954. The first kappa shape index (κ1) is 14.4. The maximum absolute atomic E-state index is 11.0. The van der Waals surface area contributed by atoms with Crippen molar-refractivity contribution in [1.82, 2.24) is 9.88 Å². The van der Waals surface area contributed by atoms with Crippen LogP contribution in [-0.4, -0.2) is 47.1 Å². The molecule has 1 aromatic rings. The Morgan fingerprint density at radius 3 is 2.89 bits per heavy atom. The number of hydrogen-bond acceptors (Lipinski definition) is 4. The zero-order chi connectivity index (χ0) is 13.5. The normalized spacial score (nSPS) is 10.9. The highest BCUT2D eigenvalue weighted by molar-refractivity contribution is 5.93. The highest BCUT2D eigenvalue weighted by atomic mass is 16.4. The SMILES string of the molecule is CC(C)N(C)CCCNc1ccncc1C(=O)O. The summed E-state index contributed by atoms with van der Waals surface area (Å²) in [5.41, 5.74) is 0.847. The van der Waals surface area contributed by atoms with Crippen LogP contribution in [0.3, 0.4) is 0 Å². The number of rotatable bonds is 7. The highest BCUT2D eigenvalue weighted by Crippen LogP contribution is 2.13. The standard InChI is InChI=1S/C13H21N3O2/c1-10(2)16(3)8-4-6-15-12-5-7-14-9-11(12)13(17)18/h5,7,9-10H,4,6,8H2,1-3H3,(H,14,15)(H,17,18). The summed E-state index contributed by atoms with van der Waals surface area (Å²) in [5, 5.41) is 12.1. The van der Waals surface area contributed by atoms with Crippen LogP contribution in [0.25, 0.3) is 0 Å². The minimum absolute atomic E-state index is 0.217. The average Bonchev–Trinajstić information content (AvgIpc) is 2.34. The van der Waals surface area contributed by atoms with Gasteiger partial charge in [-0.1, -0.05) is 0 Å². The summed E-state index contributed by atoms with van der Waals surface area (Å²) in [7, 11) is 2.08. The predicted octanol–water partition coefficient (Wildman–Crippen LogP) is 1.92. The van der Waals surface area contributed by atoms with Crippen molar-refractivity contribution < 1.29 is 9.90 Å². The first-order valence-corrected chi connectivity index (χ1v) is 6.13. The number of carbonyl (C=O) groups is 1. The number of hydrogen-bond donors (Lipinski definition) is 2. The van der Waals surface area contributed by atoms with Gasteiger partial charge in [0, 0.05) is 25.0 Å². The molecule has 0 amide bonds. The second-order valence-electron chi connectivity index (χ2n) is 4.58. The van der Waals surface area contributed by atoms with E-state index in [4.69, 9.17) is 5.11 Å². The Hall–Kier alpha value is -1.62. The molecule has 2 N–H and O–H groups in total. The van der Waals surface area contributed by atoms with Crippen LogP contribution >= 0.6 is 0 Å². The molecule has 100 valence electrons. The fourth-order valence-electron chi connectivity index (χ4n) is 1.53. The van der Waals surface area contributed by atoms with Crippen LogP contribution in [0.2, 0.25) is 0 Å². The number of aromatic carboxylic acids is 1. The molecule has 0 fully saturated rings. The Morgan fingerprint density at radius 2 is 2.28 bits per heavy atom.